The zero-order chi connectivity index (χ0) is 19.8. The van der Waals surface area contributed by atoms with Gasteiger partial charge in [0.1, 0.15) is 0 Å². The number of nitrogens with zero attached hydrogens (tertiary/aromatic N) is 1. The zero-order valence-corrected chi connectivity index (χ0v) is 18.1. The van der Waals surface area contributed by atoms with E-state index in [4.69, 9.17) is 0 Å². The number of hydrogen-bond acceptors (Lipinski definition) is 3. The Morgan fingerprint density at radius 2 is 1.32 bits per heavy atom. The standard InChI is InChI=1S/C21H39N3O3S/c25-21(23-19-9-5-2-1-3-6-10-19)22-17-18-13-15-24(16-14-18)28(26,27)20-11-7-4-8-12-20/h18-20H,1-17H2,(H2,22,23,25). The van der Waals surface area contributed by atoms with Crippen LogP contribution in [0.3, 0.4) is 0 Å². The molecule has 1 saturated heterocycles. The van der Waals surface area contributed by atoms with E-state index in [0.717, 1.165) is 51.4 Å². The number of amides is 2. The number of piperidine rings is 1. The van der Waals surface area contributed by atoms with Crippen molar-refractivity contribution in [1.29, 1.82) is 0 Å². The Bertz CT molecular complexity index is 574. The van der Waals surface area contributed by atoms with Gasteiger partial charge >= 0.3 is 6.03 Å². The lowest BCUT2D eigenvalue weighted by Gasteiger charge is -2.35. The van der Waals surface area contributed by atoms with Crippen molar-refractivity contribution in [2.75, 3.05) is 19.6 Å². The summed E-state index contributed by atoms with van der Waals surface area (Å²) >= 11 is 0. The number of urea groups is 1. The Kier molecular flexibility index (Phi) is 8.45. The van der Waals surface area contributed by atoms with Crippen molar-refractivity contribution in [2.24, 2.45) is 5.92 Å². The van der Waals surface area contributed by atoms with E-state index >= 15 is 0 Å². The molecule has 0 radical (unpaired) electrons. The fraction of sp³-hybridized carbons (Fsp3) is 0.952. The van der Waals surface area contributed by atoms with E-state index in [2.05, 4.69) is 10.6 Å². The van der Waals surface area contributed by atoms with Crippen LogP contribution in [0.15, 0.2) is 0 Å². The SMILES string of the molecule is O=C(NCC1CCN(S(=O)(=O)C2CCCCC2)CC1)NC1CCCCCCC1. The minimum Gasteiger partial charge on any atom is -0.338 e. The van der Waals surface area contributed by atoms with Crippen LogP contribution >= 0.6 is 0 Å². The fourth-order valence-corrected chi connectivity index (χ4v) is 7.09. The first-order valence-corrected chi connectivity index (χ1v) is 13.1. The van der Waals surface area contributed by atoms with Gasteiger partial charge in [0.25, 0.3) is 0 Å². The second-order valence-corrected chi connectivity index (χ2v) is 11.3. The monoisotopic (exact) mass is 413 g/mol. The third-order valence-electron chi connectivity index (χ3n) is 6.90. The lowest BCUT2D eigenvalue weighted by Crippen LogP contribution is -2.47. The summed E-state index contributed by atoms with van der Waals surface area (Å²) in [6, 6.07) is 0.255. The third-order valence-corrected chi connectivity index (χ3v) is 9.30. The number of hydrogen-bond donors (Lipinski definition) is 2. The molecule has 0 aromatic heterocycles. The number of rotatable bonds is 5. The molecule has 0 atom stereocenters. The van der Waals surface area contributed by atoms with Gasteiger partial charge < -0.3 is 10.6 Å². The summed E-state index contributed by atoms with van der Waals surface area (Å²) < 4.78 is 27.4. The van der Waals surface area contributed by atoms with Crippen molar-refractivity contribution in [1.82, 2.24) is 14.9 Å². The Morgan fingerprint density at radius 1 is 0.786 bits per heavy atom. The van der Waals surface area contributed by atoms with E-state index in [-0.39, 0.29) is 11.3 Å². The molecule has 0 aromatic carbocycles. The molecule has 2 N–H and O–H groups in total. The van der Waals surface area contributed by atoms with Crippen LogP contribution in [0, 0.1) is 5.92 Å². The van der Waals surface area contributed by atoms with Crippen molar-refractivity contribution in [3.8, 4) is 0 Å². The Hall–Kier alpha value is -0.820. The van der Waals surface area contributed by atoms with Crippen LogP contribution in [0.4, 0.5) is 4.79 Å². The van der Waals surface area contributed by atoms with Crippen LogP contribution < -0.4 is 10.6 Å². The molecule has 0 aromatic rings. The second kappa shape index (κ2) is 10.8. The highest BCUT2D eigenvalue weighted by Gasteiger charge is 2.35. The molecule has 7 heteroatoms. The molecular weight excluding hydrogens is 374 g/mol. The van der Waals surface area contributed by atoms with Gasteiger partial charge in [-0.2, -0.15) is 0 Å². The average Bonchev–Trinajstić information content (AvgIpc) is 2.69. The second-order valence-electron chi connectivity index (χ2n) is 9.04. The summed E-state index contributed by atoms with van der Waals surface area (Å²) in [5.41, 5.74) is 0. The van der Waals surface area contributed by atoms with E-state index in [1.165, 1.54) is 38.5 Å². The van der Waals surface area contributed by atoms with Crippen LogP contribution in [0.1, 0.15) is 89.9 Å². The summed E-state index contributed by atoms with van der Waals surface area (Å²) in [5, 5.41) is 6.02. The molecule has 0 bridgehead atoms. The highest BCUT2D eigenvalue weighted by atomic mass is 32.2. The van der Waals surface area contributed by atoms with E-state index in [1.54, 1.807) is 4.31 Å². The van der Waals surface area contributed by atoms with Crippen LogP contribution in [-0.2, 0) is 10.0 Å². The number of nitrogens with one attached hydrogen (secondary N) is 2. The molecule has 3 rings (SSSR count). The van der Waals surface area contributed by atoms with Gasteiger partial charge in [-0.15, -0.1) is 0 Å². The Balaban J connectivity index is 1.36. The highest BCUT2D eigenvalue weighted by Crippen LogP contribution is 2.28. The summed E-state index contributed by atoms with van der Waals surface area (Å²) in [4.78, 5) is 12.3. The minimum absolute atomic E-state index is 0.0529. The molecule has 6 nitrogen and oxygen atoms in total. The van der Waals surface area contributed by atoms with Gasteiger partial charge in [0.15, 0.2) is 0 Å². The van der Waals surface area contributed by atoms with Gasteiger partial charge in [-0.3, -0.25) is 0 Å². The molecule has 3 aliphatic rings. The van der Waals surface area contributed by atoms with Gasteiger partial charge in [0.05, 0.1) is 5.25 Å². The van der Waals surface area contributed by atoms with Crippen LogP contribution in [0.25, 0.3) is 0 Å². The smallest absolute Gasteiger partial charge is 0.315 e. The highest BCUT2D eigenvalue weighted by molar-refractivity contribution is 7.89. The first kappa shape index (κ1) is 21.9. The van der Waals surface area contributed by atoms with E-state index in [1.807, 2.05) is 0 Å². The van der Waals surface area contributed by atoms with Crippen molar-refractivity contribution in [2.45, 2.75) is 101 Å². The van der Waals surface area contributed by atoms with Crippen molar-refractivity contribution in [3.63, 3.8) is 0 Å². The minimum atomic E-state index is -3.13. The summed E-state index contributed by atoms with van der Waals surface area (Å²) in [5.74, 6) is 0.376. The lowest BCUT2D eigenvalue weighted by atomic mass is 9.97. The maximum absolute atomic E-state index is 12.8. The van der Waals surface area contributed by atoms with Crippen molar-refractivity contribution in [3.05, 3.63) is 0 Å². The number of carbonyl (C=O) groups is 1. The molecule has 28 heavy (non-hydrogen) atoms. The first-order valence-electron chi connectivity index (χ1n) is 11.6. The van der Waals surface area contributed by atoms with E-state index in [9.17, 15) is 13.2 Å². The fourth-order valence-electron chi connectivity index (χ4n) is 5.02. The Labute approximate surface area is 171 Å². The molecule has 0 spiro atoms. The first-order chi connectivity index (χ1) is 13.6. The summed E-state index contributed by atoms with van der Waals surface area (Å²) in [7, 11) is -3.13. The predicted molar refractivity (Wildman–Crippen MR) is 113 cm³/mol. The molecule has 1 aliphatic heterocycles. The van der Waals surface area contributed by atoms with Crippen molar-refractivity contribution < 1.29 is 13.2 Å². The lowest BCUT2D eigenvalue weighted by molar-refractivity contribution is 0.224. The average molecular weight is 414 g/mol. The van der Waals surface area contributed by atoms with Crippen molar-refractivity contribution >= 4 is 16.1 Å². The number of carbonyl (C=O) groups excluding carboxylic acids is 1. The van der Waals surface area contributed by atoms with Gasteiger partial charge in [-0.05, 0) is 44.4 Å². The van der Waals surface area contributed by atoms with Crippen LogP contribution in [0.5, 0.6) is 0 Å². The topological polar surface area (TPSA) is 78.5 Å². The molecule has 3 fully saturated rings. The summed E-state index contributed by atoms with van der Waals surface area (Å²) in [6.45, 7) is 1.86. The normalized spacial score (nSPS) is 25.0. The Morgan fingerprint density at radius 3 is 1.96 bits per heavy atom. The van der Waals surface area contributed by atoms with Gasteiger partial charge in [0.2, 0.25) is 10.0 Å². The summed E-state index contributed by atoms with van der Waals surface area (Å²) in [6.07, 6.45) is 15.1. The molecular formula is C21H39N3O3S. The van der Waals surface area contributed by atoms with E-state index < -0.39 is 10.0 Å². The molecule has 2 saturated carbocycles. The molecule has 1 heterocycles. The maximum Gasteiger partial charge on any atom is 0.315 e. The number of sulfonamides is 1. The van der Waals surface area contributed by atoms with Gasteiger partial charge in [-0.25, -0.2) is 17.5 Å². The molecule has 0 unspecified atom stereocenters. The predicted octanol–water partition coefficient (Wildman–Crippen LogP) is 3.77. The van der Waals surface area contributed by atoms with Crippen LogP contribution in [0.2, 0.25) is 0 Å². The molecule has 2 aliphatic carbocycles. The van der Waals surface area contributed by atoms with Gasteiger partial charge in [0, 0.05) is 25.7 Å². The third kappa shape index (κ3) is 6.34. The largest absolute Gasteiger partial charge is 0.338 e. The quantitative estimate of drug-likeness (QED) is 0.720. The zero-order valence-electron chi connectivity index (χ0n) is 17.3. The molecule has 162 valence electrons. The molecule has 2 amide bonds. The van der Waals surface area contributed by atoms with Crippen LogP contribution in [-0.4, -0.2) is 49.7 Å². The van der Waals surface area contributed by atoms with E-state index in [0.29, 0.717) is 31.6 Å². The van der Waals surface area contributed by atoms with Gasteiger partial charge in [-0.1, -0.05) is 51.4 Å². The maximum atomic E-state index is 12.8.